The van der Waals surface area contributed by atoms with Gasteiger partial charge in [-0.2, -0.15) is 5.10 Å². The Balaban J connectivity index is 2.03. The zero-order valence-electron chi connectivity index (χ0n) is 16.1. The lowest BCUT2D eigenvalue weighted by atomic mass is 10.1. The van der Waals surface area contributed by atoms with Crippen molar-refractivity contribution in [2.75, 3.05) is 11.8 Å². The summed E-state index contributed by atoms with van der Waals surface area (Å²) in [5.41, 5.74) is 2.91. The van der Waals surface area contributed by atoms with E-state index in [4.69, 9.17) is 4.74 Å². The van der Waals surface area contributed by atoms with Crippen molar-refractivity contribution >= 4 is 21.7 Å². The standard InChI is InChI=1S/C20H21N3O4S/c1-13-10-11-16(20(24)27-4)12-18(13)22-28(25,26)19-14(2)21-23(15(19)3)17-8-6-5-7-9-17/h5-12,22H,1-4H3. The van der Waals surface area contributed by atoms with Crippen LogP contribution in [0.1, 0.15) is 27.3 Å². The number of methoxy groups -OCH3 is 1. The first-order valence-corrected chi connectivity index (χ1v) is 10.1. The van der Waals surface area contributed by atoms with Crippen molar-refractivity contribution in [3.8, 4) is 5.69 Å². The molecule has 2 aromatic carbocycles. The summed E-state index contributed by atoms with van der Waals surface area (Å²) < 4.78 is 35.1. The van der Waals surface area contributed by atoms with Crippen LogP contribution < -0.4 is 4.72 Å². The van der Waals surface area contributed by atoms with Gasteiger partial charge in [0.05, 0.1) is 35.4 Å². The third-order valence-corrected chi connectivity index (χ3v) is 6.01. The fraction of sp³-hybridized carbons (Fsp3) is 0.200. The van der Waals surface area contributed by atoms with Crippen molar-refractivity contribution in [1.29, 1.82) is 0 Å². The van der Waals surface area contributed by atoms with E-state index < -0.39 is 16.0 Å². The second-order valence-electron chi connectivity index (χ2n) is 6.37. The Morgan fingerprint density at radius 2 is 1.75 bits per heavy atom. The Morgan fingerprint density at radius 1 is 1.07 bits per heavy atom. The number of hydrogen-bond acceptors (Lipinski definition) is 5. The summed E-state index contributed by atoms with van der Waals surface area (Å²) in [4.78, 5) is 11.9. The first kappa shape index (κ1) is 19.6. The van der Waals surface area contributed by atoms with E-state index in [1.165, 1.54) is 13.2 Å². The number of nitrogens with one attached hydrogen (secondary N) is 1. The Bertz CT molecular complexity index is 1140. The molecule has 0 unspecified atom stereocenters. The van der Waals surface area contributed by atoms with Crippen LogP contribution >= 0.6 is 0 Å². The Hall–Kier alpha value is -3.13. The van der Waals surface area contributed by atoms with Gasteiger partial charge in [0.25, 0.3) is 10.0 Å². The van der Waals surface area contributed by atoms with Crippen molar-refractivity contribution in [3.63, 3.8) is 0 Å². The highest BCUT2D eigenvalue weighted by Gasteiger charge is 2.26. The number of aromatic nitrogens is 2. The van der Waals surface area contributed by atoms with Crippen LogP contribution in [0.25, 0.3) is 5.69 Å². The fourth-order valence-electron chi connectivity index (χ4n) is 3.01. The molecule has 0 spiro atoms. The van der Waals surface area contributed by atoms with Gasteiger partial charge in [0.15, 0.2) is 0 Å². The number of benzene rings is 2. The smallest absolute Gasteiger partial charge is 0.337 e. The number of rotatable bonds is 5. The highest BCUT2D eigenvalue weighted by molar-refractivity contribution is 7.92. The average Bonchev–Trinajstić information content (AvgIpc) is 2.98. The second kappa shape index (κ2) is 7.47. The normalized spacial score (nSPS) is 11.3. The maximum absolute atomic E-state index is 13.1. The van der Waals surface area contributed by atoms with Crippen LogP contribution in [-0.2, 0) is 14.8 Å². The lowest BCUT2D eigenvalue weighted by molar-refractivity contribution is 0.0600. The van der Waals surface area contributed by atoms with E-state index in [1.54, 1.807) is 37.6 Å². The van der Waals surface area contributed by atoms with Crippen LogP contribution in [-0.4, -0.2) is 31.3 Å². The highest BCUT2D eigenvalue weighted by Crippen LogP contribution is 2.26. The summed E-state index contributed by atoms with van der Waals surface area (Å²) in [6.07, 6.45) is 0. The lowest BCUT2D eigenvalue weighted by Gasteiger charge is -2.12. The predicted octanol–water partition coefficient (Wildman–Crippen LogP) is 3.38. The summed E-state index contributed by atoms with van der Waals surface area (Å²) in [5, 5.41) is 4.39. The van der Waals surface area contributed by atoms with Gasteiger partial charge < -0.3 is 4.74 Å². The van der Waals surface area contributed by atoms with Crippen molar-refractivity contribution in [3.05, 3.63) is 71.0 Å². The molecule has 0 fully saturated rings. The molecular weight excluding hydrogens is 378 g/mol. The van der Waals surface area contributed by atoms with Crippen LogP contribution in [0.2, 0.25) is 0 Å². The number of sulfonamides is 1. The molecule has 146 valence electrons. The van der Waals surface area contributed by atoms with Crippen LogP contribution in [0, 0.1) is 20.8 Å². The topological polar surface area (TPSA) is 90.3 Å². The van der Waals surface area contributed by atoms with Gasteiger partial charge in [-0.15, -0.1) is 0 Å². The number of carbonyl (C=O) groups is 1. The van der Waals surface area contributed by atoms with Crippen LogP contribution in [0.4, 0.5) is 5.69 Å². The van der Waals surface area contributed by atoms with Gasteiger partial charge >= 0.3 is 5.97 Å². The summed E-state index contributed by atoms with van der Waals surface area (Å²) in [5.74, 6) is -0.537. The molecule has 0 aliphatic rings. The van der Waals surface area contributed by atoms with E-state index in [-0.39, 0.29) is 10.5 Å². The number of esters is 1. The molecule has 0 saturated carbocycles. The van der Waals surface area contributed by atoms with E-state index >= 15 is 0 Å². The van der Waals surface area contributed by atoms with Crippen LogP contribution in [0.15, 0.2) is 53.4 Å². The van der Waals surface area contributed by atoms with Crippen molar-refractivity contribution in [2.45, 2.75) is 25.7 Å². The van der Waals surface area contributed by atoms with Gasteiger partial charge in [0.2, 0.25) is 0 Å². The van der Waals surface area contributed by atoms with Gasteiger partial charge in [0.1, 0.15) is 4.90 Å². The molecule has 0 aliphatic carbocycles. The first-order chi connectivity index (χ1) is 13.2. The summed E-state index contributed by atoms with van der Waals surface area (Å²) in [6.45, 7) is 5.12. The number of hydrogen-bond donors (Lipinski definition) is 1. The van der Waals surface area contributed by atoms with Gasteiger partial charge in [-0.3, -0.25) is 4.72 Å². The maximum atomic E-state index is 13.1. The van der Waals surface area contributed by atoms with E-state index in [1.807, 2.05) is 30.3 Å². The number of para-hydroxylation sites is 1. The van der Waals surface area contributed by atoms with Crippen LogP contribution in [0.5, 0.6) is 0 Å². The minimum Gasteiger partial charge on any atom is -0.465 e. The van der Waals surface area contributed by atoms with E-state index in [0.717, 1.165) is 5.69 Å². The quantitative estimate of drug-likeness (QED) is 0.664. The summed E-state index contributed by atoms with van der Waals surface area (Å²) in [6, 6.07) is 14.0. The Labute approximate surface area is 164 Å². The molecule has 1 aromatic heterocycles. The van der Waals surface area contributed by atoms with E-state index in [9.17, 15) is 13.2 Å². The average molecular weight is 399 g/mol. The van der Waals surface area contributed by atoms with Gasteiger partial charge in [0, 0.05) is 0 Å². The summed E-state index contributed by atoms with van der Waals surface area (Å²) >= 11 is 0. The van der Waals surface area contributed by atoms with Crippen molar-refractivity contribution < 1.29 is 17.9 Å². The maximum Gasteiger partial charge on any atom is 0.337 e. The molecular formula is C20H21N3O4S. The summed E-state index contributed by atoms with van der Waals surface area (Å²) in [7, 11) is -2.64. The number of nitrogens with zero attached hydrogens (tertiary/aromatic N) is 2. The molecule has 0 aliphatic heterocycles. The molecule has 0 amide bonds. The molecule has 7 nitrogen and oxygen atoms in total. The molecule has 1 heterocycles. The zero-order valence-corrected chi connectivity index (χ0v) is 16.9. The first-order valence-electron chi connectivity index (χ1n) is 8.58. The minimum absolute atomic E-state index is 0.110. The number of carbonyl (C=O) groups excluding carboxylic acids is 1. The number of aryl methyl sites for hydroxylation is 2. The van der Waals surface area contributed by atoms with E-state index in [0.29, 0.717) is 22.6 Å². The highest BCUT2D eigenvalue weighted by atomic mass is 32.2. The minimum atomic E-state index is -3.92. The van der Waals surface area contributed by atoms with Gasteiger partial charge in [-0.05, 0) is 50.6 Å². The Morgan fingerprint density at radius 3 is 2.39 bits per heavy atom. The molecule has 28 heavy (non-hydrogen) atoms. The molecule has 0 radical (unpaired) electrons. The zero-order chi connectivity index (χ0) is 20.5. The second-order valence-corrected chi connectivity index (χ2v) is 7.99. The predicted molar refractivity (Wildman–Crippen MR) is 106 cm³/mol. The third-order valence-electron chi connectivity index (χ3n) is 4.40. The van der Waals surface area contributed by atoms with Gasteiger partial charge in [-0.25, -0.2) is 17.9 Å². The lowest BCUT2D eigenvalue weighted by Crippen LogP contribution is -2.16. The third kappa shape index (κ3) is 3.63. The van der Waals surface area contributed by atoms with Gasteiger partial charge in [-0.1, -0.05) is 24.3 Å². The molecule has 8 heteroatoms. The number of ether oxygens (including phenoxy) is 1. The largest absolute Gasteiger partial charge is 0.465 e. The molecule has 0 saturated heterocycles. The van der Waals surface area contributed by atoms with Crippen molar-refractivity contribution in [2.24, 2.45) is 0 Å². The molecule has 1 N–H and O–H groups in total. The van der Waals surface area contributed by atoms with Crippen molar-refractivity contribution in [1.82, 2.24) is 9.78 Å². The van der Waals surface area contributed by atoms with E-state index in [2.05, 4.69) is 9.82 Å². The molecule has 0 bridgehead atoms. The number of anilines is 1. The molecule has 3 rings (SSSR count). The monoisotopic (exact) mass is 399 g/mol. The van der Waals surface area contributed by atoms with Crippen LogP contribution in [0.3, 0.4) is 0 Å². The Kier molecular flexibility index (Phi) is 5.24. The molecule has 3 aromatic rings. The SMILES string of the molecule is COC(=O)c1ccc(C)c(NS(=O)(=O)c2c(C)nn(-c3ccccc3)c2C)c1. The fourth-order valence-corrected chi connectivity index (χ4v) is 4.53. The molecule has 0 atom stereocenters.